The second-order valence-corrected chi connectivity index (χ2v) is 3.89. The fourth-order valence-electron chi connectivity index (χ4n) is 1.72. The van der Waals surface area contributed by atoms with Crippen molar-refractivity contribution >= 4 is 12.1 Å². The zero-order chi connectivity index (χ0) is 9.97. The highest BCUT2D eigenvalue weighted by molar-refractivity contribution is 5.97. The molecule has 14 heavy (non-hydrogen) atoms. The van der Waals surface area contributed by atoms with Crippen LogP contribution >= 0.6 is 0 Å². The van der Waals surface area contributed by atoms with Gasteiger partial charge in [-0.05, 0) is 18.8 Å². The highest BCUT2D eigenvalue weighted by atomic mass is 16.3. The average molecular weight is 194 g/mol. The Kier molecular flexibility index (Phi) is 2.63. The molecular weight excluding hydrogens is 180 g/mol. The van der Waals surface area contributed by atoms with Gasteiger partial charge in [-0.25, -0.2) is 0 Å². The van der Waals surface area contributed by atoms with Crippen LogP contribution in [0.1, 0.15) is 19.3 Å². The van der Waals surface area contributed by atoms with Crippen LogP contribution in [0, 0.1) is 5.92 Å². The highest BCUT2D eigenvalue weighted by Gasteiger charge is 2.27. The summed E-state index contributed by atoms with van der Waals surface area (Å²) in [4.78, 5) is 15.3. The summed E-state index contributed by atoms with van der Waals surface area (Å²) in [7, 11) is 0. The third-order valence-electron chi connectivity index (χ3n) is 2.70. The van der Waals surface area contributed by atoms with E-state index in [1.165, 1.54) is 0 Å². The molecule has 0 atom stereocenters. The molecule has 0 unspecified atom stereocenters. The van der Waals surface area contributed by atoms with Crippen molar-refractivity contribution in [2.75, 3.05) is 6.54 Å². The summed E-state index contributed by atoms with van der Waals surface area (Å²) >= 11 is 0. The number of hydrogen-bond donors (Lipinski definition) is 2. The van der Waals surface area contributed by atoms with Crippen LogP contribution in [0.25, 0.3) is 0 Å². The van der Waals surface area contributed by atoms with E-state index in [4.69, 9.17) is 5.11 Å². The lowest BCUT2D eigenvalue weighted by Crippen LogP contribution is -2.38. The van der Waals surface area contributed by atoms with Crippen LogP contribution in [0.2, 0.25) is 0 Å². The fourth-order valence-corrected chi connectivity index (χ4v) is 1.72. The van der Waals surface area contributed by atoms with E-state index >= 15 is 0 Å². The van der Waals surface area contributed by atoms with Gasteiger partial charge in [0.1, 0.15) is 0 Å². The van der Waals surface area contributed by atoms with Crippen molar-refractivity contribution in [3.8, 4) is 0 Å². The number of carbonyl (C=O) groups excluding carboxylic acids is 1. The molecule has 4 heteroatoms. The normalized spacial score (nSPS) is 29.6. The fraction of sp³-hybridized carbons (Fsp3) is 0.600. The lowest BCUT2D eigenvalue weighted by molar-refractivity contribution is -0.118. The van der Waals surface area contributed by atoms with Gasteiger partial charge in [-0.3, -0.25) is 9.79 Å². The van der Waals surface area contributed by atoms with E-state index in [9.17, 15) is 4.79 Å². The second kappa shape index (κ2) is 3.92. The monoisotopic (exact) mass is 194 g/mol. The van der Waals surface area contributed by atoms with Gasteiger partial charge in [-0.15, -0.1) is 0 Å². The van der Waals surface area contributed by atoms with Crippen LogP contribution in [0.4, 0.5) is 0 Å². The molecular formula is C10H14N2O2. The Morgan fingerprint density at radius 2 is 2.43 bits per heavy atom. The maximum absolute atomic E-state index is 11.4. The quantitative estimate of drug-likeness (QED) is 0.675. The molecule has 1 aliphatic carbocycles. The first kappa shape index (κ1) is 9.40. The Balaban J connectivity index is 1.68. The maximum Gasteiger partial charge on any atom is 0.249 e. The zero-order valence-corrected chi connectivity index (χ0v) is 7.94. The maximum atomic E-state index is 11.4. The van der Waals surface area contributed by atoms with E-state index in [0.29, 0.717) is 18.9 Å². The van der Waals surface area contributed by atoms with Crippen LogP contribution in [-0.2, 0) is 4.79 Å². The van der Waals surface area contributed by atoms with Crippen molar-refractivity contribution in [3.63, 3.8) is 0 Å². The number of nitrogens with one attached hydrogen (secondary N) is 1. The Morgan fingerprint density at radius 1 is 1.64 bits per heavy atom. The first-order valence-corrected chi connectivity index (χ1v) is 4.92. The molecule has 0 saturated heterocycles. The van der Waals surface area contributed by atoms with Gasteiger partial charge < -0.3 is 10.4 Å². The molecule has 2 aliphatic rings. The van der Waals surface area contributed by atoms with Crippen LogP contribution in [0.15, 0.2) is 16.8 Å². The van der Waals surface area contributed by atoms with Gasteiger partial charge in [0.05, 0.1) is 6.10 Å². The summed E-state index contributed by atoms with van der Waals surface area (Å²) in [5, 5.41) is 11.9. The minimum atomic E-state index is -0.147. The van der Waals surface area contributed by atoms with E-state index in [-0.39, 0.29) is 12.0 Å². The molecule has 0 aromatic rings. The molecule has 2 N–H and O–H groups in total. The second-order valence-electron chi connectivity index (χ2n) is 3.89. The number of aliphatic hydroxyl groups excluding tert-OH is 1. The average Bonchev–Trinajstić information content (AvgIpc) is 2.62. The minimum absolute atomic E-state index is 0.0242. The van der Waals surface area contributed by atoms with Crippen LogP contribution in [0.3, 0.4) is 0 Å². The number of aliphatic imine (C=N–C) groups is 1. The molecule has 4 nitrogen and oxygen atoms in total. The van der Waals surface area contributed by atoms with Gasteiger partial charge in [0.15, 0.2) is 0 Å². The van der Waals surface area contributed by atoms with E-state index in [1.54, 1.807) is 12.4 Å². The van der Waals surface area contributed by atoms with Crippen molar-refractivity contribution in [2.45, 2.75) is 25.4 Å². The molecule has 0 bridgehead atoms. The standard InChI is InChI=1S/C10H14N2O2/c13-9-3-7(4-9)5-12-10(14)8-1-2-11-6-8/h2,6-7,9,13H,1,3-5H2,(H,12,14). The van der Waals surface area contributed by atoms with Crippen molar-refractivity contribution in [1.29, 1.82) is 0 Å². The summed E-state index contributed by atoms with van der Waals surface area (Å²) < 4.78 is 0. The molecule has 1 heterocycles. The molecule has 1 saturated carbocycles. The molecule has 0 aromatic carbocycles. The number of amides is 1. The van der Waals surface area contributed by atoms with Crippen molar-refractivity contribution in [3.05, 3.63) is 11.8 Å². The van der Waals surface area contributed by atoms with E-state index in [2.05, 4.69) is 10.3 Å². The van der Waals surface area contributed by atoms with Gasteiger partial charge >= 0.3 is 0 Å². The number of nitrogens with zero attached hydrogens (tertiary/aromatic N) is 1. The Hall–Kier alpha value is -1.16. The number of aliphatic hydroxyl groups is 1. The SMILES string of the molecule is O=C(NCC1CC(O)C1)C1=CN=CC1. The molecule has 0 radical (unpaired) electrons. The molecule has 76 valence electrons. The topological polar surface area (TPSA) is 61.7 Å². The van der Waals surface area contributed by atoms with Crippen molar-refractivity contribution in [2.24, 2.45) is 10.9 Å². The van der Waals surface area contributed by atoms with Gasteiger partial charge in [0.2, 0.25) is 5.91 Å². The van der Waals surface area contributed by atoms with Crippen LogP contribution < -0.4 is 5.32 Å². The number of carbonyl (C=O) groups is 1. The summed E-state index contributed by atoms with van der Waals surface area (Å²) in [5.74, 6) is 0.431. The van der Waals surface area contributed by atoms with Crippen molar-refractivity contribution < 1.29 is 9.90 Å². The summed E-state index contributed by atoms with van der Waals surface area (Å²) in [6.07, 6.45) is 5.45. The Bertz CT molecular complexity index is 290. The Morgan fingerprint density at radius 3 is 3.00 bits per heavy atom. The first-order chi connectivity index (χ1) is 6.75. The Labute approximate surface area is 82.7 Å². The molecule has 1 aliphatic heterocycles. The zero-order valence-electron chi connectivity index (χ0n) is 7.94. The smallest absolute Gasteiger partial charge is 0.249 e. The van der Waals surface area contributed by atoms with E-state index in [0.717, 1.165) is 18.4 Å². The van der Waals surface area contributed by atoms with Gasteiger partial charge in [-0.1, -0.05) is 0 Å². The lowest BCUT2D eigenvalue weighted by Gasteiger charge is -2.31. The van der Waals surface area contributed by atoms with Gasteiger partial charge in [0, 0.05) is 31.0 Å². The predicted molar refractivity (Wildman–Crippen MR) is 52.9 cm³/mol. The molecule has 0 aromatic heterocycles. The van der Waals surface area contributed by atoms with Gasteiger partial charge in [-0.2, -0.15) is 0 Å². The van der Waals surface area contributed by atoms with Gasteiger partial charge in [0.25, 0.3) is 0 Å². The summed E-state index contributed by atoms with van der Waals surface area (Å²) in [5.41, 5.74) is 0.727. The highest BCUT2D eigenvalue weighted by Crippen LogP contribution is 2.26. The number of hydrogen-bond acceptors (Lipinski definition) is 3. The third-order valence-corrected chi connectivity index (χ3v) is 2.70. The summed E-state index contributed by atoms with van der Waals surface area (Å²) in [6.45, 7) is 0.674. The van der Waals surface area contributed by atoms with Crippen molar-refractivity contribution in [1.82, 2.24) is 5.32 Å². The lowest BCUT2D eigenvalue weighted by atomic mass is 9.82. The minimum Gasteiger partial charge on any atom is -0.393 e. The predicted octanol–water partition coefficient (Wildman–Crippen LogP) is 0.232. The molecule has 2 rings (SSSR count). The third kappa shape index (κ3) is 2.01. The van der Waals surface area contributed by atoms with Crippen LogP contribution in [0.5, 0.6) is 0 Å². The summed E-state index contributed by atoms with van der Waals surface area (Å²) in [6, 6.07) is 0. The molecule has 1 amide bonds. The molecule has 0 spiro atoms. The van der Waals surface area contributed by atoms with Crippen LogP contribution in [-0.4, -0.2) is 29.9 Å². The largest absolute Gasteiger partial charge is 0.393 e. The van der Waals surface area contributed by atoms with E-state index < -0.39 is 0 Å². The first-order valence-electron chi connectivity index (χ1n) is 4.92. The number of rotatable bonds is 3. The molecule has 1 fully saturated rings. The van der Waals surface area contributed by atoms with E-state index in [1.807, 2.05) is 0 Å².